The Bertz CT molecular complexity index is 779. The van der Waals surface area contributed by atoms with Crippen molar-refractivity contribution in [2.24, 2.45) is 11.8 Å². The lowest BCUT2D eigenvalue weighted by Crippen LogP contribution is -2.42. The van der Waals surface area contributed by atoms with E-state index in [1.54, 1.807) is 13.3 Å². The molecule has 1 aliphatic rings. The van der Waals surface area contributed by atoms with Crippen molar-refractivity contribution in [3.05, 3.63) is 36.0 Å². The first-order chi connectivity index (χ1) is 12.5. The van der Waals surface area contributed by atoms with E-state index < -0.39 is 12.1 Å². The maximum absolute atomic E-state index is 11.6. The number of rotatable bonds is 6. The molecule has 1 aromatic heterocycles. The lowest BCUT2D eigenvalue weighted by molar-refractivity contribution is -0.146. The van der Waals surface area contributed by atoms with Crippen LogP contribution < -0.4 is 4.74 Å². The molecule has 2 aromatic rings. The Morgan fingerprint density at radius 1 is 1.42 bits per heavy atom. The number of pyridine rings is 1. The Morgan fingerprint density at radius 3 is 2.96 bits per heavy atom. The number of carboxylic acid groups (broad SMARTS) is 1. The Balaban J connectivity index is 1.75. The van der Waals surface area contributed by atoms with Crippen LogP contribution in [0.2, 0.25) is 0 Å². The fourth-order valence-electron chi connectivity index (χ4n) is 3.88. The largest absolute Gasteiger partial charge is 0.497 e. The predicted molar refractivity (Wildman–Crippen MR) is 99.2 cm³/mol. The lowest BCUT2D eigenvalue weighted by atomic mass is 9.81. The van der Waals surface area contributed by atoms with Crippen molar-refractivity contribution in [3.63, 3.8) is 0 Å². The number of hydrogen-bond donors (Lipinski definition) is 2. The average molecular weight is 358 g/mol. The number of carboxylic acids is 1. The molecule has 1 aliphatic heterocycles. The number of fused-ring (bicyclic) bond motifs is 1. The highest BCUT2D eigenvalue weighted by Crippen LogP contribution is 2.33. The second-order valence-electron chi connectivity index (χ2n) is 7.13. The maximum Gasteiger partial charge on any atom is 0.308 e. The molecule has 2 N–H and O–H groups in total. The summed E-state index contributed by atoms with van der Waals surface area (Å²) < 4.78 is 5.28. The molecular weight excluding hydrogens is 332 g/mol. The molecule has 26 heavy (non-hydrogen) atoms. The van der Waals surface area contributed by atoms with Gasteiger partial charge in [0.05, 0.1) is 24.6 Å². The second-order valence-corrected chi connectivity index (χ2v) is 7.13. The molecule has 3 atom stereocenters. The van der Waals surface area contributed by atoms with Gasteiger partial charge in [-0.25, -0.2) is 0 Å². The normalized spacial score (nSPS) is 22.3. The number of hydrogen-bond acceptors (Lipinski definition) is 5. The first-order valence-corrected chi connectivity index (χ1v) is 9.01. The van der Waals surface area contributed by atoms with Gasteiger partial charge in [0, 0.05) is 18.1 Å². The molecule has 1 saturated heterocycles. The molecule has 140 valence electrons. The summed E-state index contributed by atoms with van der Waals surface area (Å²) in [6.07, 6.45) is 3.13. The third kappa shape index (κ3) is 3.97. The fraction of sp³-hybridized carbons (Fsp3) is 0.500. The van der Waals surface area contributed by atoms with Crippen LogP contribution >= 0.6 is 0 Å². The molecule has 6 heteroatoms. The number of likely N-dealkylation sites (tertiary alicyclic amines) is 1. The number of aliphatic carboxylic acids is 1. The third-order valence-corrected chi connectivity index (χ3v) is 5.43. The van der Waals surface area contributed by atoms with Crippen molar-refractivity contribution in [1.82, 2.24) is 9.88 Å². The van der Waals surface area contributed by atoms with E-state index >= 15 is 0 Å². The van der Waals surface area contributed by atoms with Crippen molar-refractivity contribution < 1.29 is 19.7 Å². The van der Waals surface area contributed by atoms with E-state index in [0.717, 1.165) is 35.2 Å². The molecule has 2 heterocycles. The Morgan fingerprint density at radius 2 is 2.23 bits per heavy atom. The number of nitrogens with zero attached hydrogens (tertiary/aromatic N) is 2. The first kappa shape index (κ1) is 18.6. The topological polar surface area (TPSA) is 82.9 Å². The fourth-order valence-corrected chi connectivity index (χ4v) is 3.88. The molecule has 0 bridgehead atoms. The Hall–Kier alpha value is -2.18. The summed E-state index contributed by atoms with van der Waals surface area (Å²) in [6.45, 7) is 1.48. The molecular formula is C20H26N2O4. The molecule has 0 aliphatic carbocycles. The number of piperidine rings is 1. The lowest BCUT2D eigenvalue weighted by Gasteiger charge is -2.34. The molecule has 1 aromatic carbocycles. The van der Waals surface area contributed by atoms with Crippen LogP contribution in [0.3, 0.4) is 0 Å². The summed E-state index contributed by atoms with van der Waals surface area (Å²) in [5.74, 6) is -0.286. The maximum atomic E-state index is 11.6. The molecule has 3 rings (SSSR count). The number of aliphatic hydroxyl groups excluding tert-OH is 1. The van der Waals surface area contributed by atoms with Crippen LogP contribution in [0.4, 0.5) is 0 Å². The van der Waals surface area contributed by atoms with Gasteiger partial charge in [0.1, 0.15) is 5.75 Å². The van der Waals surface area contributed by atoms with Crippen LogP contribution in [-0.4, -0.2) is 53.3 Å². The third-order valence-electron chi connectivity index (χ3n) is 5.43. The molecule has 0 radical (unpaired) electrons. The van der Waals surface area contributed by atoms with Crippen molar-refractivity contribution in [3.8, 4) is 5.75 Å². The standard InChI is InChI=1S/C20H26N2O4/c1-22-10-8-13(17(12-22)20(24)25)3-6-19(23)15-7-9-21-18-5-4-14(26-2)11-16(15)18/h4-5,7,9,11,13,17,19,23H,3,6,8,10,12H2,1-2H3,(H,24,25)/t13-,17+,19?/m1/s1. The number of benzene rings is 1. The van der Waals surface area contributed by atoms with E-state index in [0.29, 0.717) is 19.4 Å². The van der Waals surface area contributed by atoms with Gasteiger partial charge in [-0.3, -0.25) is 9.78 Å². The predicted octanol–water partition coefficient (Wildman–Crippen LogP) is 2.71. The van der Waals surface area contributed by atoms with Gasteiger partial charge in [-0.15, -0.1) is 0 Å². The van der Waals surface area contributed by atoms with Gasteiger partial charge in [0.15, 0.2) is 0 Å². The number of carbonyl (C=O) groups is 1. The highest BCUT2D eigenvalue weighted by atomic mass is 16.5. The monoisotopic (exact) mass is 358 g/mol. The minimum Gasteiger partial charge on any atom is -0.497 e. The van der Waals surface area contributed by atoms with Gasteiger partial charge in [0.2, 0.25) is 0 Å². The summed E-state index contributed by atoms with van der Waals surface area (Å²) >= 11 is 0. The molecule has 6 nitrogen and oxygen atoms in total. The summed E-state index contributed by atoms with van der Waals surface area (Å²) in [6, 6.07) is 7.44. The van der Waals surface area contributed by atoms with Crippen molar-refractivity contribution in [2.45, 2.75) is 25.4 Å². The Labute approximate surface area is 153 Å². The number of ether oxygens (including phenoxy) is 1. The SMILES string of the molecule is COc1ccc2nccc(C(O)CC[C@@H]3CCN(C)C[C@@H]3C(=O)O)c2c1. The summed E-state index contributed by atoms with van der Waals surface area (Å²) in [5, 5.41) is 21.1. The average Bonchev–Trinajstić information content (AvgIpc) is 2.65. The zero-order valence-corrected chi connectivity index (χ0v) is 15.3. The summed E-state index contributed by atoms with van der Waals surface area (Å²) in [5.41, 5.74) is 1.62. The highest BCUT2D eigenvalue weighted by molar-refractivity contribution is 5.83. The highest BCUT2D eigenvalue weighted by Gasteiger charge is 2.33. The molecule has 0 spiro atoms. The van der Waals surface area contributed by atoms with Crippen LogP contribution in [0.15, 0.2) is 30.5 Å². The van der Waals surface area contributed by atoms with Gasteiger partial charge in [-0.1, -0.05) is 0 Å². The summed E-state index contributed by atoms with van der Waals surface area (Å²) in [7, 11) is 3.57. The molecule has 0 saturated carbocycles. The van der Waals surface area contributed by atoms with Crippen molar-refractivity contribution >= 4 is 16.9 Å². The minimum atomic E-state index is -0.741. The zero-order chi connectivity index (χ0) is 18.7. The van der Waals surface area contributed by atoms with Gasteiger partial charge in [0.25, 0.3) is 0 Å². The van der Waals surface area contributed by atoms with Crippen LogP contribution in [0.25, 0.3) is 10.9 Å². The number of methoxy groups -OCH3 is 1. The van der Waals surface area contributed by atoms with Crippen LogP contribution in [0, 0.1) is 11.8 Å². The van der Waals surface area contributed by atoms with Gasteiger partial charge in [-0.2, -0.15) is 0 Å². The Kier molecular flexibility index (Phi) is 5.74. The van der Waals surface area contributed by atoms with E-state index in [2.05, 4.69) is 9.88 Å². The van der Waals surface area contributed by atoms with Crippen LogP contribution in [0.1, 0.15) is 30.9 Å². The van der Waals surface area contributed by atoms with Crippen LogP contribution in [0.5, 0.6) is 5.75 Å². The molecule has 1 fully saturated rings. The van der Waals surface area contributed by atoms with Gasteiger partial charge >= 0.3 is 5.97 Å². The van der Waals surface area contributed by atoms with Gasteiger partial charge < -0.3 is 19.8 Å². The van der Waals surface area contributed by atoms with E-state index in [-0.39, 0.29) is 11.8 Å². The first-order valence-electron chi connectivity index (χ1n) is 9.01. The van der Waals surface area contributed by atoms with E-state index in [4.69, 9.17) is 4.74 Å². The molecule has 1 unspecified atom stereocenters. The smallest absolute Gasteiger partial charge is 0.308 e. The van der Waals surface area contributed by atoms with E-state index in [1.165, 1.54) is 0 Å². The van der Waals surface area contributed by atoms with E-state index in [9.17, 15) is 15.0 Å². The van der Waals surface area contributed by atoms with Gasteiger partial charge in [-0.05, 0) is 68.6 Å². The second kappa shape index (κ2) is 8.01. The number of aliphatic hydroxyl groups is 1. The van der Waals surface area contributed by atoms with Crippen LogP contribution in [-0.2, 0) is 4.79 Å². The van der Waals surface area contributed by atoms with Crippen molar-refractivity contribution in [1.29, 1.82) is 0 Å². The zero-order valence-electron chi connectivity index (χ0n) is 15.3. The van der Waals surface area contributed by atoms with E-state index in [1.807, 2.05) is 31.3 Å². The number of aromatic nitrogens is 1. The quantitative estimate of drug-likeness (QED) is 0.826. The minimum absolute atomic E-state index is 0.0981. The summed E-state index contributed by atoms with van der Waals surface area (Å²) in [4.78, 5) is 18.0. The molecule has 0 amide bonds. The van der Waals surface area contributed by atoms with Crippen molar-refractivity contribution in [2.75, 3.05) is 27.2 Å².